The first kappa shape index (κ1) is 18.5. The standard InChI is InChI=1S/C19H19NO4S2/c1-11(2)14-4-5-17-16(7-14)12(3)19(25-17)26(23,24)10-13-6-15(18(21)22)9-20-8-13/h4-9,11H,10H2,1-3H3,(H,21,22). The molecule has 26 heavy (non-hydrogen) atoms. The summed E-state index contributed by atoms with van der Waals surface area (Å²) >= 11 is 1.26. The van der Waals surface area contributed by atoms with Crippen LogP contribution in [0.25, 0.3) is 10.1 Å². The summed E-state index contributed by atoms with van der Waals surface area (Å²) in [6.07, 6.45) is 2.60. The van der Waals surface area contributed by atoms with E-state index in [4.69, 9.17) is 5.11 Å². The number of rotatable bonds is 5. The molecule has 136 valence electrons. The van der Waals surface area contributed by atoms with Crippen molar-refractivity contribution in [2.24, 2.45) is 0 Å². The number of hydrogen-bond donors (Lipinski definition) is 1. The Bertz CT molecular complexity index is 1100. The van der Waals surface area contributed by atoms with Crippen molar-refractivity contribution in [3.05, 3.63) is 58.9 Å². The monoisotopic (exact) mass is 389 g/mol. The first-order valence-corrected chi connectivity index (χ1v) is 10.6. The minimum absolute atomic E-state index is 0.0210. The predicted molar refractivity (Wildman–Crippen MR) is 103 cm³/mol. The summed E-state index contributed by atoms with van der Waals surface area (Å²) in [5.41, 5.74) is 2.26. The van der Waals surface area contributed by atoms with E-state index in [2.05, 4.69) is 24.9 Å². The Labute approximate surface area is 156 Å². The van der Waals surface area contributed by atoms with Crippen LogP contribution in [0.1, 0.15) is 46.8 Å². The number of aromatic carboxylic acids is 1. The molecule has 0 atom stereocenters. The molecule has 0 aliphatic carbocycles. The number of carbonyl (C=O) groups is 1. The zero-order valence-electron chi connectivity index (χ0n) is 14.7. The van der Waals surface area contributed by atoms with Gasteiger partial charge < -0.3 is 5.11 Å². The van der Waals surface area contributed by atoms with Gasteiger partial charge in [-0.05, 0) is 53.1 Å². The number of aryl methyl sites for hydroxylation is 1. The summed E-state index contributed by atoms with van der Waals surface area (Å²) in [5.74, 6) is -1.04. The van der Waals surface area contributed by atoms with Gasteiger partial charge in [0.05, 0.1) is 11.3 Å². The molecule has 0 saturated carbocycles. The topological polar surface area (TPSA) is 84.3 Å². The second-order valence-corrected chi connectivity index (χ2v) is 9.81. The Hall–Kier alpha value is -2.25. The molecule has 0 bridgehead atoms. The molecule has 2 aromatic heterocycles. The quantitative estimate of drug-likeness (QED) is 0.699. The molecule has 5 nitrogen and oxygen atoms in total. The van der Waals surface area contributed by atoms with Gasteiger partial charge in [0.15, 0.2) is 9.84 Å². The van der Waals surface area contributed by atoms with Crippen LogP contribution in [0.15, 0.2) is 40.9 Å². The number of sulfone groups is 1. The van der Waals surface area contributed by atoms with Crippen LogP contribution in [0.2, 0.25) is 0 Å². The summed E-state index contributed by atoms with van der Waals surface area (Å²) in [6.45, 7) is 6.02. The molecule has 7 heteroatoms. The highest BCUT2D eigenvalue weighted by molar-refractivity contribution is 7.93. The van der Waals surface area contributed by atoms with Gasteiger partial charge in [-0.3, -0.25) is 4.98 Å². The van der Waals surface area contributed by atoms with Crippen molar-refractivity contribution < 1.29 is 18.3 Å². The fourth-order valence-corrected chi connectivity index (χ4v) is 6.02. The zero-order chi connectivity index (χ0) is 19.1. The molecule has 0 spiro atoms. The summed E-state index contributed by atoms with van der Waals surface area (Å²) < 4.78 is 27.1. The van der Waals surface area contributed by atoms with Gasteiger partial charge in [-0.1, -0.05) is 19.9 Å². The Morgan fingerprint density at radius 3 is 2.62 bits per heavy atom. The molecular formula is C19H19NO4S2. The van der Waals surface area contributed by atoms with E-state index in [1.165, 1.54) is 35.4 Å². The van der Waals surface area contributed by atoms with Crippen molar-refractivity contribution in [1.29, 1.82) is 0 Å². The minimum atomic E-state index is -3.60. The maximum atomic E-state index is 12.9. The summed E-state index contributed by atoms with van der Waals surface area (Å²) in [7, 11) is -3.60. The highest BCUT2D eigenvalue weighted by atomic mass is 32.2. The van der Waals surface area contributed by atoms with Crippen LogP contribution < -0.4 is 0 Å². The number of fused-ring (bicyclic) bond motifs is 1. The third-order valence-corrected chi connectivity index (χ3v) is 7.93. The van der Waals surface area contributed by atoms with Gasteiger partial charge in [0, 0.05) is 17.1 Å². The molecule has 1 N–H and O–H groups in total. The van der Waals surface area contributed by atoms with E-state index in [0.717, 1.165) is 15.6 Å². The minimum Gasteiger partial charge on any atom is -0.478 e. The van der Waals surface area contributed by atoms with Crippen molar-refractivity contribution in [3.63, 3.8) is 0 Å². The van der Waals surface area contributed by atoms with Gasteiger partial charge in [0.1, 0.15) is 4.21 Å². The molecule has 0 unspecified atom stereocenters. The van der Waals surface area contributed by atoms with Crippen molar-refractivity contribution in [2.75, 3.05) is 0 Å². The molecule has 0 amide bonds. The number of hydrogen-bond acceptors (Lipinski definition) is 5. The van der Waals surface area contributed by atoms with Gasteiger partial charge in [-0.25, -0.2) is 13.2 Å². The summed E-state index contributed by atoms with van der Waals surface area (Å²) in [6, 6.07) is 7.40. The molecule has 0 fully saturated rings. The van der Waals surface area contributed by atoms with Crippen LogP contribution in [0.5, 0.6) is 0 Å². The van der Waals surface area contributed by atoms with E-state index < -0.39 is 15.8 Å². The van der Waals surface area contributed by atoms with Crippen LogP contribution >= 0.6 is 11.3 Å². The van der Waals surface area contributed by atoms with Crippen LogP contribution in [0.3, 0.4) is 0 Å². The highest BCUT2D eigenvalue weighted by Crippen LogP contribution is 2.37. The molecular weight excluding hydrogens is 370 g/mol. The fourth-order valence-electron chi connectivity index (χ4n) is 2.84. The van der Waals surface area contributed by atoms with E-state index in [0.29, 0.717) is 15.7 Å². The Kier molecular flexibility index (Phi) is 4.86. The van der Waals surface area contributed by atoms with E-state index in [-0.39, 0.29) is 11.3 Å². The third-order valence-electron chi connectivity index (χ3n) is 4.26. The Morgan fingerprint density at radius 2 is 1.96 bits per heavy atom. The molecule has 0 radical (unpaired) electrons. The molecule has 2 heterocycles. The first-order chi connectivity index (χ1) is 12.2. The average Bonchev–Trinajstić information content (AvgIpc) is 2.92. The lowest BCUT2D eigenvalue weighted by Crippen LogP contribution is -2.06. The van der Waals surface area contributed by atoms with E-state index in [9.17, 15) is 13.2 Å². The number of thiophene rings is 1. The first-order valence-electron chi connectivity index (χ1n) is 8.12. The summed E-state index contributed by atoms with van der Waals surface area (Å²) in [5, 5.41) is 10.0. The van der Waals surface area contributed by atoms with Crippen molar-refractivity contribution in [2.45, 2.75) is 36.7 Å². The Morgan fingerprint density at radius 1 is 1.23 bits per heavy atom. The fraction of sp³-hybridized carbons (Fsp3) is 0.263. The van der Waals surface area contributed by atoms with Crippen molar-refractivity contribution in [3.8, 4) is 0 Å². The van der Waals surface area contributed by atoms with Gasteiger partial charge in [0.2, 0.25) is 0 Å². The number of benzene rings is 1. The molecule has 3 aromatic rings. The summed E-state index contributed by atoms with van der Waals surface area (Å²) in [4.78, 5) is 14.9. The van der Waals surface area contributed by atoms with Crippen molar-refractivity contribution >= 4 is 37.2 Å². The number of aromatic nitrogens is 1. The molecule has 0 saturated heterocycles. The van der Waals surface area contributed by atoms with Crippen LogP contribution in [0.4, 0.5) is 0 Å². The SMILES string of the molecule is Cc1c(S(=O)(=O)Cc2cncc(C(=O)O)c2)sc2ccc(C(C)C)cc12. The van der Waals surface area contributed by atoms with Crippen LogP contribution in [-0.4, -0.2) is 24.5 Å². The van der Waals surface area contributed by atoms with Crippen LogP contribution in [0, 0.1) is 6.92 Å². The van der Waals surface area contributed by atoms with Gasteiger partial charge in [0.25, 0.3) is 0 Å². The second-order valence-electron chi connectivity index (χ2n) is 6.57. The normalized spacial score (nSPS) is 12.0. The molecule has 3 rings (SSSR count). The van der Waals surface area contributed by atoms with Gasteiger partial charge in [-0.15, -0.1) is 11.3 Å². The second kappa shape index (κ2) is 6.81. The maximum absolute atomic E-state index is 12.9. The number of carboxylic acids is 1. The maximum Gasteiger partial charge on any atom is 0.337 e. The lowest BCUT2D eigenvalue weighted by atomic mass is 10.0. The molecule has 1 aromatic carbocycles. The molecule has 0 aliphatic rings. The lowest BCUT2D eigenvalue weighted by molar-refractivity contribution is 0.0696. The average molecular weight is 389 g/mol. The Balaban J connectivity index is 2.03. The van der Waals surface area contributed by atoms with Gasteiger partial charge >= 0.3 is 5.97 Å². The van der Waals surface area contributed by atoms with E-state index in [1.807, 2.05) is 19.1 Å². The highest BCUT2D eigenvalue weighted by Gasteiger charge is 2.23. The predicted octanol–water partition coefficient (Wildman–Crippen LogP) is 4.40. The third kappa shape index (κ3) is 3.50. The molecule has 0 aliphatic heterocycles. The number of carboxylic acid groups (broad SMARTS) is 1. The smallest absolute Gasteiger partial charge is 0.337 e. The van der Waals surface area contributed by atoms with E-state index >= 15 is 0 Å². The largest absolute Gasteiger partial charge is 0.478 e. The number of nitrogens with zero attached hydrogens (tertiary/aromatic N) is 1. The van der Waals surface area contributed by atoms with E-state index in [1.54, 1.807) is 0 Å². The van der Waals surface area contributed by atoms with Crippen LogP contribution in [-0.2, 0) is 15.6 Å². The van der Waals surface area contributed by atoms with Crippen molar-refractivity contribution in [1.82, 2.24) is 4.98 Å². The number of pyridine rings is 1. The lowest BCUT2D eigenvalue weighted by Gasteiger charge is -2.06. The zero-order valence-corrected chi connectivity index (χ0v) is 16.3. The van der Waals surface area contributed by atoms with Gasteiger partial charge in [-0.2, -0.15) is 0 Å².